The molecular formula is C20H22N4O3. The van der Waals surface area contributed by atoms with Crippen molar-refractivity contribution in [3.63, 3.8) is 0 Å². The molecule has 0 aromatic carbocycles. The highest BCUT2D eigenvalue weighted by molar-refractivity contribution is 6.06. The molecule has 1 saturated heterocycles. The minimum atomic E-state index is -0.238. The molecule has 1 unspecified atom stereocenters. The van der Waals surface area contributed by atoms with Crippen LogP contribution in [-0.2, 0) is 16.0 Å². The van der Waals surface area contributed by atoms with Crippen molar-refractivity contribution < 1.29 is 14.3 Å². The van der Waals surface area contributed by atoms with E-state index in [0.29, 0.717) is 12.1 Å². The SMILES string of the molecule is C[C@@H](Cn1ccc2cnc(C(=O)c3cccnc3)nc21)OC1CCCCO1. The molecule has 0 N–H and O–H groups in total. The fourth-order valence-electron chi connectivity index (χ4n) is 3.25. The van der Waals surface area contributed by atoms with Crippen LogP contribution in [0.2, 0.25) is 0 Å². The Morgan fingerprint density at radius 1 is 1.37 bits per heavy atom. The Kier molecular flexibility index (Phi) is 5.22. The van der Waals surface area contributed by atoms with Crippen LogP contribution in [0.15, 0.2) is 43.0 Å². The summed E-state index contributed by atoms with van der Waals surface area (Å²) in [7, 11) is 0. The highest BCUT2D eigenvalue weighted by Crippen LogP contribution is 2.18. The van der Waals surface area contributed by atoms with Crippen molar-refractivity contribution in [3.05, 3.63) is 54.4 Å². The normalized spacial score (nSPS) is 18.5. The van der Waals surface area contributed by atoms with Gasteiger partial charge in [-0.2, -0.15) is 0 Å². The maximum absolute atomic E-state index is 12.6. The molecule has 3 aromatic rings. The number of nitrogens with zero attached hydrogens (tertiary/aromatic N) is 4. The summed E-state index contributed by atoms with van der Waals surface area (Å²) < 4.78 is 13.6. The predicted molar refractivity (Wildman–Crippen MR) is 99.3 cm³/mol. The molecule has 2 atom stereocenters. The number of ketones is 1. The molecule has 7 nitrogen and oxygen atoms in total. The van der Waals surface area contributed by atoms with Gasteiger partial charge in [-0.05, 0) is 44.4 Å². The average molecular weight is 366 g/mol. The van der Waals surface area contributed by atoms with Crippen molar-refractivity contribution in [1.29, 1.82) is 0 Å². The van der Waals surface area contributed by atoms with E-state index >= 15 is 0 Å². The molecule has 1 aliphatic rings. The molecule has 1 fully saturated rings. The molecule has 7 heteroatoms. The van der Waals surface area contributed by atoms with Gasteiger partial charge in [-0.3, -0.25) is 9.78 Å². The summed E-state index contributed by atoms with van der Waals surface area (Å²) in [6.07, 6.45) is 9.78. The zero-order chi connectivity index (χ0) is 18.6. The highest BCUT2D eigenvalue weighted by atomic mass is 16.7. The van der Waals surface area contributed by atoms with Gasteiger partial charge in [-0.25, -0.2) is 9.97 Å². The van der Waals surface area contributed by atoms with Crippen LogP contribution in [-0.4, -0.2) is 44.3 Å². The summed E-state index contributed by atoms with van der Waals surface area (Å²) >= 11 is 0. The molecule has 140 valence electrons. The molecule has 0 saturated carbocycles. The number of carbonyl (C=O) groups excluding carboxylic acids is 1. The van der Waals surface area contributed by atoms with Gasteiger partial charge < -0.3 is 14.0 Å². The van der Waals surface area contributed by atoms with Gasteiger partial charge in [0.25, 0.3) is 0 Å². The van der Waals surface area contributed by atoms with Gasteiger partial charge in [0.15, 0.2) is 6.29 Å². The van der Waals surface area contributed by atoms with Crippen molar-refractivity contribution in [3.8, 4) is 0 Å². The van der Waals surface area contributed by atoms with E-state index in [2.05, 4.69) is 15.0 Å². The number of fused-ring (bicyclic) bond motifs is 1. The number of hydrogen-bond acceptors (Lipinski definition) is 6. The maximum Gasteiger partial charge on any atom is 0.231 e. The second-order valence-electron chi connectivity index (χ2n) is 6.75. The van der Waals surface area contributed by atoms with Crippen LogP contribution in [0.4, 0.5) is 0 Å². The van der Waals surface area contributed by atoms with Gasteiger partial charge in [-0.15, -0.1) is 0 Å². The van der Waals surface area contributed by atoms with Crippen molar-refractivity contribution in [2.75, 3.05) is 6.61 Å². The lowest BCUT2D eigenvalue weighted by Crippen LogP contribution is -2.28. The first kappa shape index (κ1) is 17.8. The Bertz CT molecular complexity index is 919. The molecule has 0 bridgehead atoms. The van der Waals surface area contributed by atoms with Crippen molar-refractivity contribution >= 4 is 16.8 Å². The summed E-state index contributed by atoms with van der Waals surface area (Å²) in [4.78, 5) is 25.3. The van der Waals surface area contributed by atoms with E-state index in [1.165, 1.54) is 6.20 Å². The summed E-state index contributed by atoms with van der Waals surface area (Å²) in [6.45, 7) is 3.41. The standard InChI is InChI=1S/C20H22N4O3/c1-14(27-17-6-2-3-10-26-17)13-24-9-7-16-12-22-19(23-20(16)24)18(25)15-5-4-8-21-11-15/h4-5,7-9,11-12,14,17H,2-3,6,10,13H2,1H3/t14-,17?/m0/s1. The Morgan fingerprint density at radius 3 is 3.07 bits per heavy atom. The smallest absolute Gasteiger partial charge is 0.231 e. The number of aromatic nitrogens is 4. The fraction of sp³-hybridized carbons (Fsp3) is 0.400. The zero-order valence-corrected chi connectivity index (χ0v) is 15.2. The second-order valence-corrected chi connectivity index (χ2v) is 6.75. The highest BCUT2D eigenvalue weighted by Gasteiger charge is 2.19. The topological polar surface area (TPSA) is 79.1 Å². The zero-order valence-electron chi connectivity index (χ0n) is 15.2. The number of ether oxygens (including phenoxy) is 2. The van der Waals surface area contributed by atoms with Gasteiger partial charge in [0.05, 0.1) is 12.6 Å². The molecule has 0 spiro atoms. The molecular weight excluding hydrogens is 344 g/mol. The van der Waals surface area contributed by atoms with Crippen LogP contribution in [0.1, 0.15) is 42.4 Å². The minimum absolute atomic E-state index is 0.0314. The summed E-state index contributed by atoms with van der Waals surface area (Å²) in [6, 6.07) is 5.38. The number of carbonyl (C=O) groups is 1. The Hall–Kier alpha value is -2.64. The Balaban J connectivity index is 1.52. The second kappa shape index (κ2) is 7.94. The molecule has 0 aliphatic carbocycles. The number of hydrogen-bond donors (Lipinski definition) is 0. The lowest BCUT2D eigenvalue weighted by Gasteiger charge is -2.26. The molecule has 1 aliphatic heterocycles. The van der Waals surface area contributed by atoms with Gasteiger partial charge in [0.1, 0.15) is 5.65 Å². The van der Waals surface area contributed by atoms with E-state index in [4.69, 9.17) is 9.47 Å². The molecule has 0 amide bonds. The quantitative estimate of drug-likeness (QED) is 0.624. The lowest BCUT2D eigenvalue weighted by molar-refractivity contribution is -0.186. The van der Waals surface area contributed by atoms with Crippen LogP contribution in [0.3, 0.4) is 0 Å². The first-order valence-electron chi connectivity index (χ1n) is 9.24. The molecule has 4 rings (SSSR count). The Labute approximate surface area is 157 Å². The Morgan fingerprint density at radius 2 is 2.30 bits per heavy atom. The maximum atomic E-state index is 12.6. The third-order valence-electron chi connectivity index (χ3n) is 4.60. The van der Waals surface area contributed by atoms with Gasteiger partial charge in [0, 0.05) is 42.3 Å². The van der Waals surface area contributed by atoms with Gasteiger partial charge in [0.2, 0.25) is 11.6 Å². The fourth-order valence-corrected chi connectivity index (χ4v) is 3.25. The van der Waals surface area contributed by atoms with Crippen LogP contribution in [0.5, 0.6) is 0 Å². The van der Waals surface area contributed by atoms with Crippen LogP contribution in [0, 0.1) is 0 Å². The predicted octanol–water partition coefficient (Wildman–Crippen LogP) is 2.99. The molecule has 27 heavy (non-hydrogen) atoms. The lowest BCUT2D eigenvalue weighted by atomic mass is 10.2. The van der Waals surface area contributed by atoms with E-state index in [1.54, 1.807) is 24.5 Å². The van der Waals surface area contributed by atoms with E-state index in [1.807, 2.05) is 23.8 Å². The van der Waals surface area contributed by atoms with Gasteiger partial charge in [-0.1, -0.05) is 0 Å². The molecule has 3 aromatic heterocycles. The van der Waals surface area contributed by atoms with E-state index in [0.717, 1.165) is 36.9 Å². The molecule has 0 radical (unpaired) electrons. The summed E-state index contributed by atoms with van der Waals surface area (Å²) in [5, 5.41) is 0.888. The van der Waals surface area contributed by atoms with Crippen LogP contribution in [0.25, 0.3) is 11.0 Å². The van der Waals surface area contributed by atoms with Crippen molar-refractivity contribution in [2.24, 2.45) is 0 Å². The monoisotopic (exact) mass is 366 g/mol. The largest absolute Gasteiger partial charge is 0.353 e. The number of pyridine rings is 1. The first-order valence-corrected chi connectivity index (χ1v) is 9.24. The molecule has 4 heterocycles. The van der Waals surface area contributed by atoms with E-state index < -0.39 is 0 Å². The first-order chi connectivity index (χ1) is 13.2. The average Bonchev–Trinajstić information content (AvgIpc) is 3.10. The summed E-state index contributed by atoms with van der Waals surface area (Å²) in [5.41, 5.74) is 1.19. The van der Waals surface area contributed by atoms with Crippen molar-refractivity contribution in [2.45, 2.75) is 45.1 Å². The van der Waals surface area contributed by atoms with E-state index in [9.17, 15) is 4.79 Å². The number of rotatable bonds is 6. The van der Waals surface area contributed by atoms with Crippen LogP contribution < -0.4 is 0 Å². The third-order valence-corrected chi connectivity index (χ3v) is 4.60. The minimum Gasteiger partial charge on any atom is -0.353 e. The van der Waals surface area contributed by atoms with E-state index in [-0.39, 0.29) is 24.0 Å². The van der Waals surface area contributed by atoms with Gasteiger partial charge >= 0.3 is 0 Å². The van der Waals surface area contributed by atoms with Crippen LogP contribution >= 0.6 is 0 Å². The third kappa shape index (κ3) is 4.04. The summed E-state index contributed by atoms with van der Waals surface area (Å²) in [5.74, 6) is -0.0720. The van der Waals surface area contributed by atoms with Crippen molar-refractivity contribution in [1.82, 2.24) is 19.5 Å².